The van der Waals surface area contributed by atoms with Crippen LogP contribution in [0.1, 0.15) is 25.0 Å². The molecule has 1 heteroatoms. The standard InChI is InChI=1S/C63H45N/c1-63(2)60-26-13-12-23-57(60)58-25-14-24-54(62(58)63)45-31-36-51(37-32-45)64(50-34-29-43(30-35-50)47-28-27-42-15-6-7-18-46(42)39-47)61-41-49(33-38-53(61)44-16-4-3-5-17-44)59-40-48-19-8-9-20-52(48)55-21-10-11-22-56(55)59/h3-41H,1-2H3. The van der Waals surface area contributed by atoms with E-state index in [1.807, 2.05) is 0 Å². The maximum Gasteiger partial charge on any atom is 0.0546 e. The number of hydrogen-bond acceptors (Lipinski definition) is 1. The molecule has 0 aliphatic heterocycles. The summed E-state index contributed by atoms with van der Waals surface area (Å²) in [4.78, 5) is 2.46. The van der Waals surface area contributed by atoms with Gasteiger partial charge in [0.25, 0.3) is 0 Å². The van der Waals surface area contributed by atoms with E-state index in [2.05, 4.69) is 255 Å². The summed E-state index contributed by atoms with van der Waals surface area (Å²) < 4.78 is 0. The Bertz CT molecular complexity index is 3560. The van der Waals surface area contributed by atoms with Gasteiger partial charge in [-0.25, -0.2) is 0 Å². The predicted octanol–water partition coefficient (Wildman–Crippen LogP) is 17.6. The first-order valence-electron chi connectivity index (χ1n) is 22.3. The van der Waals surface area contributed by atoms with Gasteiger partial charge in [0.1, 0.15) is 0 Å². The van der Waals surface area contributed by atoms with Crippen LogP contribution in [0, 0.1) is 0 Å². The van der Waals surface area contributed by atoms with E-state index in [0.717, 1.165) is 22.6 Å². The van der Waals surface area contributed by atoms with Gasteiger partial charge in [0.05, 0.1) is 5.69 Å². The van der Waals surface area contributed by atoms with E-state index < -0.39 is 0 Å². The van der Waals surface area contributed by atoms with Crippen LogP contribution in [0.3, 0.4) is 0 Å². The molecule has 12 rings (SSSR count). The van der Waals surface area contributed by atoms with Gasteiger partial charge in [0.15, 0.2) is 0 Å². The summed E-state index contributed by atoms with van der Waals surface area (Å²) in [6.45, 7) is 4.74. The van der Waals surface area contributed by atoms with Crippen LogP contribution in [0.5, 0.6) is 0 Å². The van der Waals surface area contributed by atoms with Gasteiger partial charge in [-0.3, -0.25) is 0 Å². The molecule has 11 aromatic rings. The third-order valence-corrected chi connectivity index (χ3v) is 13.6. The van der Waals surface area contributed by atoms with E-state index in [0.29, 0.717) is 0 Å². The first-order valence-corrected chi connectivity index (χ1v) is 22.3. The van der Waals surface area contributed by atoms with Crippen molar-refractivity contribution in [2.75, 3.05) is 4.90 Å². The van der Waals surface area contributed by atoms with Gasteiger partial charge in [0.2, 0.25) is 0 Å². The molecule has 0 unspecified atom stereocenters. The molecule has 302 valence electrons. The highest BCUT2D eigenvalue weighted by Gasteiger charge is 2.37. The smallest absolute Gasteiger partial charge is 0.0546 e. The lowest BCUT2D eigenvalue weighted by molar-refractivity contribution is 0.662. The van der Waals surface area contributed by atoms with Gasteiger partial charge in [0, 0.05) is 22.4 Å². The van der Waals surface area contributed by atoms with Crippen molar-refractivity contribution < 1.29 is 0 Å². The monoisotopic (exact) mass is 815 g/mol. The zero-order chi connectivity index (χ0) is 42.8. The molecule has 1 nitrogen and oxygen atoms in total. The number of nitrogens with zero attached hydrogens (tertiary/aromatic N) is 1. The predicted molar refractivity (Wildman–Crippen MR) is 273 cm³/mol. The molecule has 0 radical (unpaired) electrons. The first kappa shape index (κ1) is 37.7. The summed E-state index contributed by atoms with van der Waals surface area (Å²) in [7, 11) is 0. The number of fused-ring (bicyclic) bond motifs is 7. The van der Waals surface area contributed by atoms with Crippen LogP contribution in [-0.2, 0) is 5.41 Å². The third-order valence-electron chi connectivity index (χ3n) is 13.6. The van der Waals surface area contributed by atoms with Crippen molar-refractivity contribution in [2.24, 2.45) is 0 Å². The third kappa shape index (κ3) is 6.23. The van der Waals surface area contributed by atoms with Gasteiger partial charge in [-0.1, -0.05) is 208 Å². The zero-order valence-electron chi connectivity index (χ0n) is 36.0. The summed E-state index contributed by atoms with van der Waals surface area (Å²) in [6, 6.07) is 87.3. The van der Waals surface area contributed by atoms with E-state index >= 15 is 0 Å². The number of benzene rings is 11. The molecule has 1 aliphatic rings. The Labute approximate surface area is 375 Å². The van der Waals surface area contributed by atoms with Crippen LogP contribution >= 0.6 is 0 Å². The Kier molecular flexibility index (Phi) is 8.91. The van der Waals surface area contributed by atoms with Crippen molar-refractivity contribution >= 4 is 49.4 Å². The van der Waals surface area contributed by atoms with Crippen molar-refractivity contribution in [3.05, 3.63) is 248 Å². The van der Waals surface area contributed by atoms with Crippen LogP contribution in [-0.4, -0.2) is 0 Å². The molecule has 1 aliphatic carbocycles. The quantitative estimate of drug-likeness (QED) is 0.145. The largest absolute Gasteiger partial charge is 0.310 e. The van der Waals surface area contributed by atoms with Gasteiger partial charge < -0.3 is 4.90 Å². The second kappa shape index (κ2) is 15.1. The van der Waals surface area contributed by atoms with Crippen LogP contribution < -0.4 is 4.90 Å². The molecule has 11 aromatic carbocycles. The lowest BCUT2D eigenvalue weighted by Gasteiger charge is -2.29. The minimum Gasteiger partial charge on any atom is -0.310 e. The van der Waals surface area contributed by atoms with Gasteiger partial charge in [-0.05, 0) is 136 Å². The molecule has 0 aromatic heterocycles. The lowest BCUT2D eigenvalue weighted by atomic mass is 9.79. The number of anilines is 3. The van der Waals surface area contributed by atoms with Crippen LogP contribution in [0.15, 0.2) is 237 Å². The fourth-order valence-corrected chi connectivity index (χ4v) is 10.5. The van der Waals surface area contributed by atoms with Crippen LogP contribution in [0.4, 0.5) is 17.1 Å². The Hall–Kier alpha value is -8.00. The molecule has 0 atom stereocenters. The molecule has 0 amide bonds. The molecule has 0 spiro atoms. The van der Waals surface area contributed by atoms with E-state index in [1.54, 1.807) is 0 Å². The second-order valence-electron chi connectivity index (χ2n) is 17.7. The maximum absolute atomic E-state index is 2.46. The van der Waals surface area contributed by atoms with Crippen LogP contribution in [0.25, 0.3) is 88.0 Å². The highest BCUT2D eigenvalue weighted by atomic mass is 15.1. The van der Waals surface area contributed by atoms with Gasteiger partial charge >= 0.3 is 0 Å². The highest BCUT2D eigenvalue weighted by molar-refractivity contribution is 6.14. The first-order chi connectivity index (χ1) is 31.5. The Morgan fingerprint density at radius 1 is 0.297 bits per heavy atom. The summed E-state index contributed by atoms with van der Waals surface area (Å²) in [5.41, 5.74) is 18.3. The topological polar surface area (TPSA) is 3.24 Å². The minimum atomic E-state index is -0.113. The van der Waals surface area contributed by atoms with E-state index in [4.69, 9.17) is 0 Å². The molecule has 0 fully saturated rings. The molecular formula is C63H45N. The summed E-state index contributed by atoms with van der Waals surface area (Å²) >= 11 is 0. The number of hydrogen-bond donors (Lipinski definition) is 0. The minimum absolute atomic E-state index is 0.113. The summed E-state index contributed by atoms with van der Waals surface area (Å²) in [5.74, 6) is 0. The van der Waals surface area contributed by atoms with Crippen molar-refractivity contribution in [1.82, 2.24) is 0 Å². The molecule has 0 bridgehead atoms. The molecule has 0 saturated carbocycles. The summed E-state index contributed by atoms with van der Waals surface area (Å²) in [5, 5.41) is 7.51. The molecule has 0 heterocycles. The Morgan fingerprint density at radius 3 is 1.64 bits per heavy atom. The second-order valence-corrected chi connectivity index (χ2v) is 17.7. The van der Waals surface area contributed by atoms with Crippen LogP contribution in [0.2, 0.25) is 0 Å². The fraction of sp³-hybridized carbons (Fsp3) is 0.0476. The molecule has 0 N–H and O–H groups in total. The van der Waals surface area contributed by atoms with Crippen molar-refractivity contribution in [3.8, 4) is 55.6 Å². The molecular weight excluding hydrogens is 771 g/mol. The molecule has 0 saturated heterocycles. The van der Waals surface area contributed by atoms with Crippen molar-refractivity contribution in [3.63, 3.8) is 0 Å². The van der Waals surface area contributed by atoms with Gasteiger partial charge in [-0.2, -0.15) is 0 Å². The van der Waals surface area contributed by atoms with Crippen molar-refractivity contribution in [2.45, 2.75) is 19.3 Å². The number of rotatable bonds is 7. The SMILES string of the molecule is CC1(C)c2ccccc2-c2cccc(-c3ccc(N(c4ccc(-c5ccc6ccccc6c5)cc4)c4cc(-c5cc6ccccc6c6ccccc56)ccc4-c4ccccc4)cc3)c21. The Balaban J connectivity index is 1.05. The average Bonchev–Trinajstić information content (AvgIpc) is 3.60. The Morgan fingerprint density at radius 2 is 0.859 bits per heavy atom. The zero-order valence-corrected chi connectivity index (χ0v) is 36.0. The van der Waals surface area contributed by atoms with E-state index in [-0.39, 0.29) is 5.41 Å². The summed E-state index contributed by atoms with van der Waals surface area (Å²) in [6.07, 6.45) is 0. The van der Waals surface area contributed by atoms with E-state index in [9.17, 15) is 0 Å². The maximum atomic E-state index is 2.46. The highest BCUT2D eigenvalue weighted by Crippen LogP contribution is 2.52. The lowest BCUT2D eigenvalue weighted by Crippen LogP contribution is -2.16. The fourth-order valence-electron chi connectivity index (χ4n) is 10.5. The average molecular weight is 816 g/mol. The molecule has 64 heavy (non-hydrogen) atoms. The van der Waals surface area contributed by atoms with E-state index in [1.165, 1.54) is 93.5 Å². The van der Waals surface area contributed by atoms with Gasteiger partial charge in [-0.15, -0.1) is 0 Å². The normalized spacial score (nSPS) is 12.7. The van der Waals surface area contributed by atoms with Crippen molar-refractivity contribution in [1.29, 1.82) is 0 Å².